The van der Waals surface area contributed by atoms with Gasteiger partial charge in [0, 0.05) is 24.1 Å². The van der Waals surface area contributed by atoms with Crippen molar-refractivity contribution in [2.75, 3.05) is 14.1 Å². The van der Waals surface area contributed by atoms with Crippen LogP contribution < -0.4 is 14.8 Å². The van der Waals surface area contributed by atoms with Crippen LogP contribution in [0.3, 0.4) is 0 Å². The van der Waals surface area contributed by atoms with E-state index in [-0.39, 0.29) is 17.7 Å². The molecular formula is C31H27BrN2O6. The van der Waals surface area contributed by atoms with Gasteiger partial charge in [0.15, 0.2) is 0 Å². The lowest BCUT2D eigenvalue weighted by atomic mass is 9.98. The Morgan fingerprint density at radius 2 is 1.55 bits per heavy atom. The third-order valence-corrected chi connectivity index (χ3v) is 6.41. The molecule has 8 nitrogen and oxygen atoms in total. The van der Waals surface area contributed by atoms with Crippen molar-refractivity contribution in [2.45, 2.75) is 12.5 Å². The van der Waals surface area contributed by atoms with E-state index in [4.69, 9.17) is 9.47 Å². The number of hydrogen-bond donors (Lipinski definition) is 2. The number of para-hydroxylation sites is 2. The van der Waals surface area contributed by atoms with Crippen molar-refractivity contribution in [1.82, 2.24) is 10.2 Å². The molecule has 9 heteroatoms. The Labute approximate surface area is 240 Å². The lowest BCUT2D eigenvalue weighted by Gasteiger charge is -2.20. The number of ether oxygens (including phenoxy) is 2. The van der Waals surface area contributed by atoms with Gasteiger partial charge in [-0.05, 0) is 47.5 Å². The van der Waals surface area contributed by atoms with E-state index in [2.05, 4.69) is 21.2 Å². The van der Waals surface area contributed by atoms with Crippen LogP contribution in [0, 0.1) is 0 Å². The molecule has 4 rings (SSSR count). The second-order valence-electron chi connectivity index (χ2n) is 9.06. The second kappa shape index (κ2) is 12.9. The number of nitrogens with one attached hydrogen (secondary N) is 1. The fraction of sp³-hybridized carbons (Fsp3) is 0.129. The highest BCUT2D eigenvalue weighted by Gasteiger charge is 2.23. The van der Waals surface area contributed by atoms with Gasteiger partial charge < -0.3 is 24.8 Å². The van der Waals surface area contributed by atoms with Crippen molar-refractivity contribution < 1.29 is 29.0 Å². The first-order valence-corrected chi connectivity index (χ1v) is 13.1. The Morgan fingerprint density at radius 3 is 2.23 bits per heavy atom. The molecule has 0 bridgehead atoms. The van der Waals surface area contributed by atoms with Crippen LogP contribution in [-0.4, -0.2) is 42.1 Å². The molecule has 2 N–H and O–H groups in total. The number of amides is 2. The summed E-state index contributed by atoms with van der Waals surface area (Å²) in [7, 11) is 3.05. The standard InChI is InChI=1S/C31H27BrN2O6/c1-34(2)31(38)40-28-17-16-22(32)18-25(28)30(37)33-26(19-29(35)36)21-14-12-20(13-15-21)24-10-6-7-11-27(24)39-23-8-4-3-5-9-23/h3-18,26H,19H2,1-2H3,(H,33,37)(H,35,36). The molecule has 0 spiro atoms. The zero-order valence-electron chi connectivity index (χ0n) is 21.8. The molecule has 0 saturated heterocycles. The lowest BCUT2D eigenvalue weighted by molar-refractivity contribution is -0.137. The van der Waals surface area contributed by atoms with Gasteiger partial charge >= 0.3 is 12.1 Å². The van der Waals surface area contributed by atoms with Crippen molar-refractivity contribution in [3.63, 3.8) is 0 Å². The average Bonchev–Trinajstić information content (AvgIpc) is 2.94. The van der Waals surface area contributed by atoms with E-state index in [1.807, 2.05) is 66.7 Å². The smallest absolute Gasteiger partial charge is 0.414 e. The van der Waals surface area contributed by atoms with Gasteiger partial charge in [-0.3, -0.25) is 9.59 Å². The summed E-state index contributed by atoms with van der Waals surface area (Å²) in [5.41, 5.74) is 2.41. The minimum absolute atomic E-state index is 0.0545. The summed E-state index contributed by atoms with van der Waals surface area (Å²) in [5.74, 6) is -0.228. The molecule has 1 atom stereocenters. The van der Waals surface area contributed by atoms with Gasteiger partial charge in [-0.25, -0.2) is 4.79 Å². The molecule has 0 fully saturated rings. The predicted octanol–water partition coefficient (Wildman–Crippen LogP) is 6.91. The zero-order chi connectivity index (χ0) is 28.6. The molecule has 1 unspecified atom stereocenters. The van der Waals surface area contributed by atoms with E-state index in [0.717, 1.165) is 11.1 Å². The highest BCUT2D eigenvalue weighted by atomic mass is 79.9. The van der Waals surface area contributed by atoms with Crippen LogP contribution in [0.25, 0.3) is 11.1 Å². The molecule has 4 aromatic carbocycles. The Morgan fingerprint density at radius 1 is 0.875 bits per heavy atom. The molecule has 4 aromatic rings. The van der Waals surface area contributed by atoms with Gasteiger partial charge in [-0.15, -0.1) is 0 Å². The largest absolute Gasteiger partial charge is 0.481 e. The van der Waals surface area contributed by atoms with E-state index in [1.165, 1.54) is 31.1 Å². The number of carbonyl (C=O) groups is 3. The zero-order valence-corrected chi connectivity index (χ0v) is 23.4. The first-order valence-electron chi connectivity index (χ1n) is 12.3. The Hall–Kier alpha value is -4.63. The SMILES string of the molecule is CN(C)C(=O)Oc1ccc(Br)cc1C(=O)NC(CC(=O)O)c1ccc(-c2ccccc2Oc2ccccc2)cc1. The first kappa shape index (κ1) is 28.4. The lowest BCUT2D eigenvalue weighted by Crippen LogP contribution is -2.31. The van der Waals surface area contributed by atoms with Crippen LogP contribution in [0.2, 0.25) is 0 Å². The summed E-state index contributed by atoms with van der Waals surface area (Å²) >= 11 is 3.33. The summed E-state index contributed by atoms with van der Waals surface area (Å²) in [5, 5.41) is 12.4. The monoisotopic (exact) mass is 602 g/mol. The summed E-state index contributed by atoms with van der Waals surface area (Å²) in [6.07, 6.45) is -0.995. The summed E-state index contributed by atoms with van der Waals surface area (Å²) < 4.78 is 12.0. The number of nitrogens with zero attached hydrogens (tertiary/aromatic N) is 1. The second-order valence-corrected chi connectivity index (χ2v) is 9.98. The molecule has 0 aliphatic carbocycles. The van der Waals surface area contributed by atoms with E-state index >= 15 is 0 Å². The first-order chi connectivity index (χ1) is 19.2. The maximum atomic E-state index is 13.3. The quantitative estimate of drug-likeness (QED) is 0.215. The van der Waals surface area contributed by atoms with Crippen molar-refractivity contribution in [3.05, 3.63) is 113 Å². The van der Waals surface area contributed by atoms with Crippen molar-refractivity contribution in [3.8, 4) is 28.4 Å². The summed E-state index contributed by atoms with van der Waals surface area (Å²) in [6.45, 7) is 0. The maximum Gasteiger partial charge on any atom is 0.414 e. The fourth-order valence-corrected chi connectivity index (χ4v) is 4.28. The molecule has 0 aliphatic rings. The number of aliphatic carboxylic acids is 1. The van der Waals surface area contributed by atoms with Crippen LogP contribution in [0.1, 0.15) is 28.4 Å². The Kier molecular flexibility index (Phi) is 9.19. The maximum absolute atomic E-state index is 13.3. The highest BCUT2D eigenvalue weighted by molar-refractivity contribution is 9.10. The third kappa shape index (κ3) is 7.27. The molecule has 0 radical (unpaired) electrons. The number of carbonyl (C=O) groups excluding carboxylic acids is 2. The molecular weight excluding hydrogens is 576 g/mol. The molecule has 0 aromatic heterocycles. The van der Waals surface area contributed by atoms with Crippen molar-refractivity contribution >= 4 is 33.9 Å². The molecule has 40 heavy (non-hydrogen) atoms. The van der Waals surface area contributed by atoms with Crippen molar-refractivity contribution in [2.24, 2.45) is 0 Å². The minimum Gasteiger partial charge on any atom is -0.481 e. The number of halogens is 1. The fourth-order valence-electron chi connectivity index (χ4n) is 3.92. The Bertz CT molecular complexity index is 1510. The van der Waals surface area contributed by atoms with Gasteiger partial charge in [0.1, 0.15) is 17.2 Å². The third-order valence-electron chi connectivity index (χ3n) is 5.91. The van der Waals surface area contributed by atoms with Gasteiger partial charge in [0.25, 0.3) is 5.91 Å². The number of rotatable bonds is 9. The van der Waals surface area contributed by atoms with Crippen molar-refractivity contribution in [1.29, 1.82) is 0 Å². The topological polar surface area (TPSA) is 105 Å². The molecule has 2 amide bonds. The normalized spacial score (nSPS) is 11.3. The van der Waals surface area contributed by atoms with Gasteiger partial charge in [-0.2, -0.15) is 0 Å². The minimum atomic E-state index is -1.08. The summed E-state index contributed by atoms with van der Waals surface area (Å²) in [6, 6.07) is 28.1. The van der Waals surface area contributed by atoms with Crippen LogP contribution in [0.15, 0.2) is 102 Å². The van der Waals surface area contributed by atoms with E-state index in [0.29, 0.717) is 21.5 Å². The molecule has 0 aliphatic heterocycles. The Balaban J connectivity index is 1.59. The van der Waals surface area contributed by atoms with Crippen LogP contribution in [-0.2, 0) is 4.79 Å². The predicted molar refractivity (Wildman–Crippen MR) is 155 cm³/mol. The summed E-state index contributed by atoms with van der Waals surface area (Å²) in [4.78, 5) is 38.3. The van der Waals surface area contributed by atoms with Crippen LogP contribution >= 0.6 is 15.9 Å². The number of benzene rings is 4. The highest BCUT2D eigenvalue weighted by Crippen LogP contribution is 2.34. The van der Waals surface area contributed by atoms with Gasteiger partial charge in [-0.1, -0.05) is 76.6 Å². The number of hydrogen-bond acceptors (Lipinski definition) is 5. The van der Waals surface area contributed by atoms with E-state index in [1.54, 1.807) is 18.2 Å². The molecule has 0 heterocycles. The van der Waals surface area contributed by atoms with Gasteiger partial charge in [0.2, 0.25) is 0 Å². The molecule has 204 valence electrons. The van der Waals surface area contributed by atoms with E-state index < -0.39 is 24.0 Å². The number of carboxylic acid groups (broad SMARTS) is 1. The van der Waals surface area contributed by atoms with Crippen LogP contribution in [0.4, 0.5) is 4.79 Å². The number of carboxylic acids is 1. The van der Waals surface area contributed by atoms with Crippen LogP contribution in [0.5, 0.6) is 17.2 Å². The molecule has 0 saturated carbocycles. The average molecular weight is 603 g/mol. The van der Waals surface area contributed by atoms with Gasteiger partial charge in [0.05, 0.1) is 18.0 Å². The van der Waals surface area contributed by atoms with E-state index in [9.17, 15) is 19.5 Å².